The van der Waals surface area contributed by atoms with Gasteiger partial charge in [0, 0.05) is 24.9 Å². The fourth-order valence-electron chi connectivity index (χ4n) is 1.79. The zero-order chi connectivity index (χ0) is 15.7. The van der Waals surface area contributed by atoms with Crippen molar-refractivity contribution in [3.63, 3.8) is 0 Å². The fourth-order valence-corrected chi connectivity index (χ4v) is 1.79. The number of rotatable bonds is 8. The highest BCUT2D eigenvalue weighted by Gasteiger charge is 2.05. The molecule has 21 heavy (non-hydrogen) atoms. The van der Waals surface area contributed by atoms with Crippen LogP contribution in [0.2, 0.25) is 0 Å². The minimum atomic E-state index is -0.308. The summed E-state index contributed by atoms with van der Waals surface area (Å²) in [5, 5.41) is 2.77. The van der Waals surface area contributed by atoms with Gasteiger partial charge in [0.25, 0.3) is 0 Å². The van der Waals surface area contributed by atoms with E-state index in [-0.39, 0.29) is 30.5 Å². The second kappa shape index (κ2) is 8.89. The van der Waals surface area contributed by atoms with Gasteiger partial charge >= 0.3 is 5.97 Å². The van der Waals surface area contributed by atoms with Crippen LogP contribution in [0, 0.1) is 0 Å². The second-order valence-corrected chi connectivity index (χ2v) is 4.88. The van der Waals surface area contributed by atoms with Crippen LogP contribution in [0.1, 0.15) is 38.2 Å². The van der Waals surface area contributed by atoms with Crippen LogP contribution >= 0.6 is 0 Å². The molecule has 1 aromatic rings. The predicted molar refractivity (Wildman–Crippen MR) is 79.9 cm³/mol. The molecule has 1 rings (SSSR count). The first-order valence-electron chi connectivity index (χ1n) is 6.96. The molecule has 0 radical (unpaired) electrons. The maximum atomic E-state index is 11.7. The molecule has 0 aromatic heterocycles. The molecule has 0 aliphatic rings. The maximum Gasteiger partial charge on any atom is 0.305 e. The lowest BCUT2D eigenvalue weighted by atomic mass is 10.1. The van der Waals surface area contributed by atoms with Crippen LogP contribution in [0.5, 0.6) is 0 Å². The normalized spacial score (nSPS) is 10.0. The lowest BCUT2D eigenvalue weighted by molar-refractivity contribution is -0.140. The summed E-state index contributed by atoms with van der Waals surface area (Å²) in [7, 11) is 1.33. The van der Waals surface area contributed by atoms with E-state index in [1.54, 1.807) is 6.92 Å². The van der Waals surface area contributed by atoms with Crippen molar-refractivity contribution in [1.82, 2.24) is 0 Å². The first-order chi connectivity index (χ1) is 10.0. The third-order valence-electron chi connectivity index (χ3n) is 3.02. The van der Waals surface area contributed by atoms with Crippen molar-refractivity contribution < 1.29 is 19.1 Å². The number of carbonyl (C=O) groups is 3. The monoisotopic (exact) mass is 291 g/mol. The molecule has 0 aliphatic carbocycles. The first-order valence-corrected chi connectivity index (χ1v) is 6.96. The number of benzene rings is 1. The Labute approximate surface area is 124 Å². The smallest absolute Gasteiger partial charge is 0.305 e. The van der Waals surface area contributed by atoms with Gasteiger partial charge in [0.2, 0.25) is 5.91 Å². The third kappa shape index (κ3) is 7.25. The summed E-state index contributed by atoms with van der Waals surface area (Å²) < 4.78 is 4.51. The zero-order valence-corrected chi connectivity index (χ0v) is 12.5. The number of ketones is 1. The van der Waals surface area contributed by atoms with E-state index in [1.807, 2.05) is 24.3 Å². The SMILES string of the molecule is COC(=O)CCCC(=O)Nc1ccc(CCC(C)=O)cc1. The molecule has 114 valence electrons. The Balaban J connectivity index is 2.35. The summed E-state index contributed by atoms with van der Waals surface area (Å²) in [4.78, 5) is 33.5. The standard InChI is InChI=1S/C16H21NO4/c1-12(18)6-7-13-8-10-14(11-9-13)17-15(19)4-3-5-16(20)21-2/h8-11H,3-7H2,1-2H3,(H,17,19). The lowest BCUT2D eigenvalue weighted by Gasteiger charge is -2.06. The Morgan fingerprint density at radius 3 is 2.29 bits per heavy atom. The molecule has 1 amide bonds. The number of hydrogen-bond donors (Lipinski definition) is 1. The number of Topliss-reactive ketones (excluding diaryl/α,β-unsaturated/α-hetero) is 1. The summed E-state index contributed by atoms with van der Waals surface area (Å²) >= 11 is 0. The second-order valence-electron chi connectivity index (χ2n) is 4.88. The van der Waals surface area contributed by atoms with E-state index in [1.165, 1.54) is 7.11 Å². The molecule has 0 saturated carbocycles. The van der Waals surface area contributed by atoms with Crippen molar-refractivity contribution in [1.29, 1.82) is 0 Å². The Morgan fingerprint density at radius 2 is 1.71 bits per heavy atom. The number of esters is 1. The number of ether oxygens (including phenoxy) is 1. The molecule has 0 atom stereocenters. The van der Waals surface area contributed by atoms with Crippen LogP contribution in [0.15, 0.2) is 24.3 Å². The van der Waals surface area contributed by atoms with E-state index in [0.717, 1.165) is 5.56 Å². The van der Waals surface area contributed by atoms with Crippen LogP contribution in [-0.4, -0.2) is 24.8 Å². The van der Waals surface area contributed by atoms with Crippen LogP contribution in [0.3, 0.4) is 0 Å². The van der Waals surface area contributed by atoms with Crippen LogP contribution in [0.25, 0.3) is 0 Å². The van der Waals surface area contributed by atoms with Crippen LogP contribution in [-0.2, 0) is 25.5 Å². The van der Waals surface area contributed by atoms with Crippen molar-refractivity contribution in [2.45, 2.75) is 39.0 Å². The summed E-state index contributed by atoms with van der Waals surface area (Å²) in [6.45, 7) is 1.57. The van der Waals surface area contributed by atoms with E-state index >= 15 is 0 Å². The van der Waals surface area contributed by atoms with Crippen LogP contribution in [0.4, 0.5) is 5.69 Å². The molecule has 1 N–H and O–H groups in total. The van der Waals surface area contributed by atoms with Gasteiger partial charge in [0.15, 0.2) is 0 Å². The Kier molecular flexibility index (Phi) is 7.15. The topological polar surface area (TPSA) is 72.5 Å². The number of amides is 1. The number of methoxy groups -OCH3 is 1. The van der Waals surface area contributed by atoms with Gasteiger partial charge in [0.1, 0.15) is 5.78 Å². The maximum absolute atomic E-state index is 11.7. The van der Waals surface area contributed by atoms with Crippen molar-refractivity contribution in [2.75, 3.05) is 12.4 Å². The number of aryl methyl sites for hydroxylation is 1. The van der Waals surface area contributed by atoms with Gasteiger partial charge in [-0.3, -0.25) is 9.59 Å². The summed E-state index contributed by atoms with van der Waals surface area (Å²) in [5.41, 5.74) is 1.78. The molecule has 0 heterocycles. The summed E-state index contributed by atoms with van der Waals surface area (Å²) in [6, 6.07) is 7.42. The molecule has 0 saturated heterocycles. The van der Waals surface area contributed by atoms with Gasteiger partial charge in [-0.1, -0.05) is 12.1 Å². The largest absolute Gasteiger partial charge is 0.469 e. The number of nitrogens with one attached hydrogen (secondary N) is 1. The Bertz CT molecular complexity index is 494. The average Bonchev–Trinajstić information content (AvgIpc) is 2.46. The Hall–Kier alpha value is -2.17. The van der Waals surface area contributed by atoms with Gasteiger partial charge in [0.05, 0.1) is 7.11 Å². The van der Waals surface area contributed by atoms with Crippen molar-refractivity contribution in [3.8, 4) is 0 Å². The van der Waals surface area contributed by atoms with Gasteiger partial charge in [-0.2, -0.15) is 0 Å². The fraction of sp³-hybridized carbons (Fsp3) is 0.438. The van der Waals surface area contributed by atoms with Gasteiger partial charge in [-0.25, -0.2) is 0 Å². The van der Waals surface area contributed by atoms with Crippen molar-refractivity contribution in [3.05, 3.63) is 29.8 Å². The highest BCUT2D eigenvalue weighted by molar-refractivity contribution is 5.90. The quantitative estimate of drug-likeness (QED) is 0.747. The van der Waals surface area contributed by atoms with E-state index in [0.29, 0.717) is 24.9 Å². The Morgan fingerprint density at radius 1 is 1.05 bits per heavy atom. The van der Waals surface area contributed by atoms with Crippen LogP contribution < -0.4 is 5.32 Å². The number of carbonyl (C=O) groups excluding carboxylic acids is 3. The van der Waals surface area contributed by atoms with E-state index in [9.17, 15) is 14.4 Å². The molecule has 1 aromatic carbocycles. The highest BCUT2D eigenvalue weighted by atomic mass is 16.5. The molecule has 0 bridgehead atoms. The molecule has 5 nitrogen and oxygen atoms in total. The minimum absolute atomic E-state index is 0.129. The van der Waals surface area contributed by atoms with E-state index in [2.05, 4.69) is 10.1 Å². The molecule has 0 unspecified atom stereocenters. The molecule has 0 aliphatic heterocycles. The molecular formula is C16H21NO4. The van der Waals surface area contributed by atoms with Gasteiger partial charge in [-0.05, 0) is 37.5 Å². The van der Waals surface area contributed by atoms with Gasteiger partial charge < -0.3 is 14.8 Å². The minimum Gasteiger partial charge on any atom is -0.469 e. The predicted octanol–water partition coefficient (Wildman–Crippen LogP) is 2.49. The number of hydrogen-bond acceptors (Lipinski definition) is 4. The lowest BCUT2D eigenvalue weighted by Crippen LogP contribution is -2.12. The van der Waals surface area contributed by atoms with Crippen molar-refractivity contribution in [2.24, 2.45) is 0 Å². The molecule has 0 fully saturated rings. The number of anilines is 1. The van der Waals surface area contributed by atoms with E-state index in [4.69, 9.17) is 0 Å². The van der Waals surface area contributed by atoms with Gasteiger partial charge in [-0.15, -0.1) is 0 Å². The highest BCUT2D eigenvalue weighted by Crippen LogP contribution is 2.12. The summed E-state index contributed by atoms with van der Waals surface area (Å²) in [5.74, 6) is -0.272. The van der Waals surface area contributed by atoms with E-state index < -0.39 is 0 Å². The summed E-state index contributed by atoms with van der Waals surface area (Å²) in [6.07, 6.45) is 2.23. The molecule has 5 heteroatoms. The zero-order valence-electron chi connectivity index (χ0n) is 12.5. The first kappa shape index (κ1) is 16.9. The van der Waals surface area contributed by atoms with Crippen molar-refractivity contribution >= 4 is 23.3 Å². The third-order valence-corrected chi connectivity index (χ3v) is 3.02. The average molecular weight is 291 g/mol. The molecular weight excluding hydrogens is 270 g/mol. The molecule has 0 spiro atoms.